The maximum Gasteiger partial charge on any atom is 0.0866 e. The molecule has 1 aliphatic rings. The zero-order valence-electron chi connectivity index (χ0n) is 12.1. The van der Waals surface area contributed by atoms with Crippen LogP contribution < -0.4 is 5.32 Å². The average molecular weight is 269 g/mol. The number of benzene rings is 2. The SMILES string of the molecule is CCCNCC1CCOC1c1ccc2ccccc2c1. The van der Waals surface area contributed by atoms with Gasteiger partial charge < -0.3 is 10.1 Å². The molecule has 0 bridgehead atoms. The summed E-state index contributed by atoms with van der Waals surface area (Å²) in [5.74, 6) is 0.600. The number of hydrogen-bond acceptors (Lipinski definition) is 2. The fourth-order valence-corrected chi connectivity index (χ4v) is 3.06. The van der Waals surface area contributed by atoms with Crippen LogP contribution in [0.5, 0.6) is 0 Å². The highest BCUT2D eigenvalue weighted by Gasteiger charge is 2.29. The van der Waals surface area contributed by atoms with Crippen molar-refractivity contribution >= 4 is 10.8 Å². The normalized spacial score (nSPS) is 22.4. The van der Waals surface area contributed by atoms with E-state index in [4.69, 9.17) is 4.74 Å². The second kappa shape index (κ2) is 6.38. The van der Waals surface area contributed by atoms with Gasteiger partial charge in [-0.05, 0) is 41.8 Å². The lowest BCUT2D eigenvalue weighted by atomic mass is 9.93. The highest BCUT2D eigenvalue weighted by molar-refractivity contribution is 5.83. The number of ether oxygens (including phenoxy) is 1. The van der Waals surface area contributed by atoms with E-state index in [0.29, 0.717) is 5.92 Å². The van der Waals surface area contributed by atoms with Crippen molar-refractivity contribution in [2.24, 2.45) is 5.92 Å². The standard InChI is InChI=1S/C18H23NO/c1-2-10-19-13-17-9-11-20-18(17)16-8-7-14-5-3-4-6-15(14)12-16/h3-8,12,17-19H,2,9-11,13H2,1H3. The van der Waals surface area contributed by atoms with Gasteiger partial charge in [-0.1, -0.05) is 43.3 Å². The minimum absolute atomic E-state index is 0.254. The molecule has 1 saturated heterocycles. The molecule has 0 radical (unpaired) electrons. The van der Waals surface area contributed by atoms with Crippen LogP contribution in [0.25, 0.3) is 10.8 Å². The highest BCUT2D eigenvalue weighted by atomic mass is 16.5. The Morgan fingerprint density at radius 3 is 2.85 bits per heavy atom. The molecule has 106 valence electrons. The van der Waals surface area contributed by atoms with Crippen LogP contribution in [0.15, 0.2) is 42.5 Å². The van der Waals surface area contributed by atoms with Crippen LogP contribution in [0.2, 0.25) is 0 Å². The predicted molar refractivity (Wildman–Crippen MR) is 83.9 cm³/mol. The maximum atomic E-state index is 5.99. The lowest BCUT2D eigenvalue weighted by molar-refractivity contribution is 0.0907. The highest BCUT2D eigenvalue weighted by Crippen LogP contribution is 2.35. The smallest absolute Gasteiger partial charge is 0.0866 e. The lowest BCUT2D eigenvalue weighted by Gasteiger charge is -2.19. The van der Waals surface area contributed by atoms with E-state index in [9.17, 15) is 0 Å². The third kappa shape index (κ3) is 2.87. The number of rotatable bonds is 5. The first-order valence-electron chi connectivity index (χ1n) is 7.69. The van der Waals surface area contributed by atoms with Crippen LogP contribution >= 0.6 is 0 Å². The molecule has 2 atom stereocenters. The molecule has 20 heavy (non-hydrogen) atoms. The van der Waals surface area contributed by atoms with Crippen molar-refractivity contribution in [2.75, 3.05) is 19.7 Å². The van der Waals surface area contributed by atoms with E-state index < -0.39 is 0 Å². The van der Waals surface area contributed by atoms with Gasteiger partial charge in [0, 0.05) is 19.1 Å². The van der Waals surface area contributed by atoms with Crippen molar-refractivity contribution in [3.63, 3.8) is 0 Å². The molecule has 0 saturated carbocycles. The predicted octanol–water partition coefficient (Wildman–Crippen LogP) is 3.92. The molecule has 2 aromatic carbocycles. The van der Waals surface area contributed by atoms with Gasteiger partial charge in [0.05, 0.1) is 6.10 Å². The van der Waals surface area contributed by atoms with Crippen LogP contribution in [-0.4, -0.2) is 19.7 Å². The summed E-state index contributed by atoms with van der Waals surface area (Å²) in [6.07, 6.45) is 2.60. The molecule has 2 aromatic rings. The lowest BCUT2D eigenvalue weighted by Crippen LogP contribution is -2.25. The fourth-order valence-electron chi connectivity index (χ4n) is 3.06. The van der Waals surface area contributed by atoms with Gasteiger partial charge in [0.1, 0.15) is 0 Å². The summed E-state index contributed by atoms with van der Waals surface area (Å²) in [6, 6.07) is 15.3. The van der Waals surface area contributed by atoms with Gasteiger partial charge in [-0.15, -0.1) is 0 Å². The van der Waals surface area contributed by atoms with Crippen molar-refractivity contribution in [3.8, 4) is 0 Å². The van der Waals surface area contributed by atoms with E-state index in [1.807, 2.05) is 0 Å². The summed E-state index contributed by atoms with van der Waals surface area (Å²) >= 11 is 0. The van der Waals surface area contributed by atoms with Crippen molar-refractivity contribution in [3.05, 3.63) is 48.0 Å². The largest absolute Gasteiger partial charge is 0.373 e. The van der Waals surface area contributed by atoms with E-state index in [2.05, 4.69) is 54.7 Å². The van der Waals surface area contributed by atoms with Gasteiger partial charge in [0.25, 0.3) is 0 Å². The number of hydrogen-bond donors (Lipinski definition) is 1. The zero-order valence-corrected chi connectivity index (χ0v) is 12.1. The molecule has 1 N–H and O–H groups in total. The minimum Gasteiger partial charge on any atom is -0.373 e. The second-order valence-electron chi connectivity index (χ2n) is 5.65. The summed E-state index contributed by atoms with van der Waals surface area (Å²) < 4.78 is 5.99. The first-order chi connectivity index (χ1) is 9.88. The monoisotopic (exact) mass is 269 g/mol. The van der Waals surface area contributed by atoms with E-state index in [-0.39, 0.29) is 6.10 Å². The molecule has 0 aliphatic carbocycles. The molecule has 1 heterocycles. The second-order valence-corrected chi connectivity index (χ2v) is 5.65. The Labute approximate surface area is 121 Å². The van der Waals surface area contributed by atoms with Crippen LogP contribution in [0.4, 0.5) is 0 Å². The molecule has 2 nitrogen and oxygen atoms in total. The minimum atomic E-state index is 0.254. The molecule has 2 heteroatoms. The van der Waals surface area contributed by atoms with Crippen LogP contribution in [0.1, 0.15) is 31.4 Å². The molecule has 1 aliphatic heterocycles. The summed E-state index contributed by atoms with van der Waals surface area (Å²) in [5, 5.41) is 6.14. The maximum absolute atomic E-state index is 5.99. The Morgan fingerprint density at radius 2 is 2.00 bits per heavy atom. The topological polar surface area (TPSA) is 21.3 Å². The first kappa shape index (κ1) is 13.6. The molecule has 1 fully saturated rings. The van der Waals surface area contributed by atoms with Crippen molar-refractivity contribution in [2.45, 2.75) is 25.9 Å². The Balaban J connectivity index is 1.78. The van der Waals surface area contributed by atoms with Gasteiger partial charge >= 0.3 is 0 Å². The summed E-state index contributed by atoms with van der Waals surface area (Å²) in [6.45, 7) is 5.25. The summed E-state index contributed by atoms with van der Waals surface area (Å²) in [7, 11) is 0. The Hall–Kier alpha value is -1.38. The quantitative estimate of drug-likeness (QED) is 0.831. The van der Waals surface area contributed by atoms with E-state index in [1.165, 1.54) is 22.8 Å². The zero-order chi connectivity index (χ0) is 13.8. The number of nitrogens with one attached hydrogen (secondary N) is 1. The van der Waals surface area contributed by atoms with E-state index >= 15 is 0 Å². The van der Waals surface area contributed by atoms with Gasteiger partial charge in [-0.2, -0.15) is 0 Å². The molecule has 3 rings (SSSR count). The molecule has 2 unspecified atom stereocenters. The van der Waals surface area contributed by atoms with E-state index in [1.54, 1.807) is 0 Å². The first-order valence-corrected chi connectivity index (χ1v) is 7.69. The molecule has 0 spiro atoms. The van der Waals surface area contributed by atoms with Gasteiger partial charge in [-0.3, -0.25) is 0 Å². The Bertz CT molecular complexity index is 566. The van der Waals surface area contributed by atoms with E-state index in [0.717, 1.165) is 26.1 Å². The molecular formula is C18H23NO. The van der Waals surface area contributed by atoms with Crippen molar-refractivity contribution < 1.29 is 4.74 Å². The fraction of sp³-hybridized carbons (Fsp3) is 0.444. The van der Waals surface area contributed by atoms with Crippen molar-refractivity contribution in [1.29, 1.82) is 0 Å². The van der Waals surface area contributed by atoms with Crippen molar-refractivity contribution in [1.82, 2.24) is 5.32 Å². The Kier molecular flexibility index (Phi) is 4.34. The van der Waals surface area contributed by atoms with Crippen LogP contribution in [-0.2, 0) is 4.74 Å². The summed E-state index contributed by atoms with van der Waals surface area (Å²) in [4.78, 5) is 0. The summed E-state index contributed by atoms with van der Waals surface area (Å²) in [5.41, 5.74) is 1.32. The number of fused-ring (bicyclic) bond motifs is 1. The third-order valence-electron chi connectivity index (χ3n) is 4.15. The Morgan fingerprint density at radius 1 is 1.15 bits per heavy atom. The average Bonchev–Trinajstić information content (AvgIpc) is 2.95. The molecular weight excluding hydrogens is 246 g/mol. The van der Waals surface area contributed by atoms with Crippen LogP contribution in [0.3, 0.4) is 0 Å². The molecule has 0 amide bonds. The molecule has 0 aromatic heterocycles. The van der Waals surface area contributed by atoms with Gasteiger partial charge in [0.2, 0.25) is 0 Å². The third-order valence-corrected chi connectivity index (χ3v) is 4.15. The van der Waals surface area contributed by atoms with Crippen LogP contribution in [0, 0.1) is 5.92 Å². The van der Waals surface area contributed by atoms with Gasteiger partial charge in [-0.25, -0.2) is 0 Å². The van der Waals surface area contributed by atoms with Gasteiger partial charge in [0.15, 0.2) is 0 Å².